The Balaban J connectivity index is 2.01. The lowest BCUT2D eigenvalue weighted by Crippen LogP contribution is -2.14. The Labute approximate surface area is 151 Å². The second kappa shape index (κ2) is 8.34. The summed E-state index contributed by atoms with van der Waals surface area (Å²) in [5, 5.41) is 2.69. The van der Waals surface area contributed by atoms with Crippen LogP contribution in [-0.2, 0) is 19.6 Å². The van der Waals surface area contributed by atoms with Crippen molar-refractivity contribution in [3.63, 3.8) is 0 Å². The van der Waals surface area contributed by atoms with Crippen molar-refractivity contribution >= 4 is 33.3 Å². The van der Waals surface area contributed by atoms with Crippen LogP contribution < -0.4 is 14.8 Å². The van der Waals surface area contributed by atoms with Crippen molar-refractivity contribution in [2.24, 2.45) is 0 Å². The first-order chi connectivity index (χ1) is 12.3. The molecule has 0 heterocycles. The van der Waals surface area contributed by atoms with Crippen molar-refractivity contribution in [3.8, 4) is 5.75 Å². The molecule has 2 rings (SSSR count). The van der Waals surface area contributed by atoms with Gasteiger partial charge in [0.1, 0.15) is 5.75 Å². The number of amides is 1. The van der Waals surface area contributed by atoms with E-state index in [1.807, 2.05) is 0 Å². The number of esters is 1. The molecule has 9 heteroatoms. The Morgan fingerprint density at radius 3 is 2.35 bits per heavy atom. The summed E-state index contributed by atoms with van der Waals surface area (Å²) in [4.78, 5) is 23.3. The summed E-state index contributed by atoms with van der Waals surface area (Å²) >= 11 is 0. The van der Waals surface area contributed by atoms with Gasteiger partial charge < -0.3 is 14.8 Å². The molecule has 0 spiro atoms. The van der Waals surface area contributed by atoms with Gasteiger partial charge in [-0.15, -0.1) is 0 Å². The largest absolute Gasteiger partial charge is 0.482 e. The molecule has 0 fully saturated rings. The molecule has 2 aromatic carbocycles. The fraction of sp³-hybridized carbons (Fsp3) is 0.176. The maximum Gasteiger partial charge on any atom is 0.343 e. The second-order valence-corrected chi connectivity index (χ2v) is 7.05. The maximum absolute atomic E-state index is 12.3. The average Bonchev–Trinajstić information content (AvgIpc) is 2.59. The molecule has 0 aliphatic carbocycles. The molecule has 2 N–H and O–H groups in total. The van der Waals surface area contributed by atoms with Gasteiger partial charge in [0.25, 0.3) is 5.91 Å². The van der Waals surface area contributed by atoms with Crippen LogP contribution in [0.2, 0.25) is 0 Å². The van der Waals surface area contributed by atoms with Gasteiger partial charge in [-0.3, -0.25) is 9.52 Å². The van der Waals surface area contributed by atoms with Crippen LogP contribution >= 0.6 is 0 Å². The summed E-state index contributed by atoms with van der Waals surface area (Å²) in [7, 11) is -2.16. The second-order valence-electron chi connectivity index (χ2n) is 5.30. The van der Waals surface area contributed by atoms with E-state index < -0.39 is 21.9 Å². The van der Waals surface area contributed by atoms with Crippen LogP contribution in [0.1, 0.15) is 10.4 Å². The third-order valence-corrected chi connectivity index (χ3v) is 3.73. The minimum absolute atomic E-state index is 0.206. The predicted molar refractivity (Wildman–Crippen MR) is 96.8 cm³/mol. The Morgan fingerprint density at radius 1 is 1.04 bits per heavy atom. The molecule has 26 heavy (non-hydrogen) atoms. The highest BCUT2D eigenvalue weighted by atomic mass is 32.2. The molecule has 0 saturated carbocycles. The number of methoxy groups -OCH3 is 1. The standard InChI is InChI=1S/C17H18N2O6S/c1-24-16(20)11-25-15-8-6-13(7-9-15)18-17(21)12-4-3-5-14(10-12)19-26(2,22)23/h3-10,19H,11H2,1-2H3,(H,18,21). The molecular formula is C17H18N2O6S. The van der Waals surface area contributed by atoms with E-state index >= 15 is 0 Å². The van der Waals surface area contributed by atoms with Crippen LogP contribution in [0.4, 0.5) is 11.4 Å². The molecule has 138 valence electrons. The van der Waals surface area contributed by atoms with Gasteiger partial charge in [-0.05, 0) is 42.5 Å². The minimum Gasteiger partial charge on any atom is -0.482 e. The normalized spacial score (nSPS) is 10.7. The Hall–Kier alpha value is -3.07. The van der Waals surface area contributed by atoms with E-state index in [2.05, 4.69) is 14.8 Å². The van der Waals surface area contributed by atoms with Crippen molar-refractivity contribution in [1.29, 1.82) is 0 Å². The number of carbonyl (C=O) groups is 2. The number of carbonyl (C=O) groups excluding carboxylic acids is 2. The first kappa shape index (κ1) is 19.3. The van der Waals surface area contributed by atoms with Crippen LogP contribution in [0.5, 0.6) is 5.75 Å². The third-order valence-electron chi connectivity index (χ3n) is 3.12. The molecule has 0 bridgehead atoms. The van der Waals surface area contributed by atoms with Crippen molar-refractivity contribution in [1.82, 2.24) is 0 Å². The molecule has 0 atom stereocenters. The van der Waals surface area contributed by atoms with Gasteiger partial charge in [0.2, 0.25) is 10.0 Å². The van der Waals surface area contributed by atoms with Crippen molar-refractivity contribution in [2.45, 2.75) is 0 Å². The SMILES string of the molecule is COC(=O)COc1ccc(NC(=O)c2cccc(NS(C)(=O)=O)c2)cc1. The molecule has 8 nitrogen and oxygen atoms in total. The number of ether oxygens (including phenoxy) is 2. The van der Waals surface area contributed by atoms with E-state index in [1.165, 1.54) is 13.2 Å². The predicted octanol–water partition coefficient (Wildman–Crippen LogP) is 1.86. The molecule has 0 aromatic heterocycles. The smallest absolute Gasteiger partial charge is 0.343 e. The van der Waals surface area contributed by atoms with Crippen LogP contribution in [0.3, 0.4) is 0 Å². The molecule has 1 amide bonds. The van der Waals surface area contributed by atoms with Crippen molar-refractivity contribution in [2.75, 3.05) is 30.0 Å². The monoisotopic (exact) mass is 378 g/mol. The molecule has 0 aliphatic heterocycles. The van der Waals surface area contributed by atoms with E-state index in [1.54, 1.807) is 42.5 Å². The number of nitrogens with one attached hydrogen (secondary N) is 2. The highest BCUT2D eigenvalue weighted by Gasteiger charge is 2.09. The van der Waals surface area contributed by atoms with Crippen molar-refractivity contribution in [3.05, 3.63) is 54.1 Å². The van der Waals surface area contributed by atoms with E-state index in [9.17, 15) is 18.0 Å². The fourth-order valence-corrected chi connectivity index (χ4v) is 2.53. The maximum atomic E-state index is 12.3. The average molecular weight is 378 g/mol. The molecule has 0 saturated heterocycles. The highest BCUT2D eigenvalue weighted by Crippen LogP contribution is 2.18. The number of rotatable bonds is 7. The van der Waals surface area contributed by atoms with E-state index in [-0.39, 0.29) is 6.61 Å². The topological polar surface area (TPSA) is 111 Å². The lowest BCUT2D eigenvalue weighted by molar-refractivity contribution is -0.142. The summed E-state index contributed by atoms with van der Waals surface area (Å²) in [6.45, 7) is -0.206. The Morgan fingerprint density at radius 2 is 1.73 bits per heavy atom. The van der Waals surface area contributed by atoms with Gasteiger partial charge in [0, 0.05) is 16.9 Å². The lowest BCUT2D eigenvalue weighted by Gasteiger charge is -2.09. The molecule has 0 radical (unpaired) electrons. The Bertz CT molecular complexity index is 894. The Kier molecular flexibility index (Phi) is 6.18. The van der Waals surface area contributed by atoms with Crippen LogP contribution in [0.25, 0.3) is 0 Å². The summed E-state index contributed by atoms with van der Waals surface area (Å²) in [6, 6.07) is 12.5. The zero-order valence-corrected chi connectivity index (χ0v) is 15.0. The third kappa shape index (κ3) is 6.10. The van der Waals surface area contributed by atoms with Gasteiger partial charge in [-0.25, -0.2) is 13.2 Å². The fourth-order valence-electron chi connectivity index (χ4n) is 1.98. The van der Waals surface area contributed by atoms with E-state index in [4.69, 9.17) is 4.74 Å². The quantitative estimate of drug-likeness (QED) is 0.712. The zero-order valence-electron chi connectivity index (χ0n) is 14.2. The van der Waals surface area contributed by atoms with Crippen LogP contribution in [0, 0.1) is 0 Å². The minimum atomic E-state index is -3.43. The summed E-state index contributed by atoms with van der Waals surface area (Å²) < 4.78 is 34.5. The number of anilines is 2. The number of sulfonamides is 1. The highest BCUT2D eigenvalue weighted by molar-refractivity contribution is 7.92. The van der Waals surface area contributed by atoms with Crippen molar-refractivity contribution < 1.29 is 27.5 Å². The van der Waals surface area contributed by atoms with Crippen LogP contribution in [-0.4, -0.2) is 40.3 Å². The lowest BCUT2D eigenvalue weighted by atomic mass is 10.2. The molecule has 0 unspecified atom stereocenters. The summed E-state index contributed by atoms with van der Waals surface area (Å²) in [5.74, 6) is -0.442. The van der Waals surface area contributed by atoms with Gasteiger partial charge >= 0.3 is 5.97 Å². The molecule has 2 aromatic rings. The number of hydrogen-bond acceptors (Lipinski definition) is 6. The zero-order chi connectivity index (χ0) is 19.2. The number of hydrogen-bond donors (Lipinski definition) is 2. The van der Waals surface area contributed by atoms with Crippen LogP contribution in [0.15, 0.2) is 48.5 Å². The van der Waals surface area contributed by atoms with Gasteiger partial charge in [-0.2, -0.15) is 0 Å². The first-order valence-corrected chi connectivity index (χ1v) is 9.35. The van der Waals surface area contributed by atoms with Gasteiger partial charge in [-0.1, -0.05) is 6.07 Å². The summed E-state index contributed by atoms with van der Waals surface area (Å²) in [6.07, 6.45) is 1.03. The molecule has 0 aliphatic rings. The van der Waals surface area contributed by atoms with Gasteiger partial charge in [0.15, 0.2) is 6.61 Å². The van der Waals surface area contributed by atoms with E-state index in [0.717, 1.165) is 6.26 Å². The number of benzene rings is 2. The first-order valence-electron chi connectivity index (χ1n) is 7.46. The van der Waals surface area contributed by atoms with Gasteiger partial charge in [0.05, 0.1) is 13.4 Å². The molecular weight excluding hydrogens is 360 g/mol. The van der Waals surface area contributed by atoms with E-state index in [0.29, 0.717) is 22.7 Å². The summed E-state index contributed by atoms with van der Waals surface area (Å²) in [5.41, 5.74) is 1.11.